The highest BCUT2D eigenvalue weighted by Gasteiger charge is 2.19. The number of aryl methyl sites for hydroxylation is 2. The zero-order chi connectivity index (χ0) is 21.8. The molecule has 4 rings (SSSR count). The average molecular weight is 441 g/mol. The summed E-state index contributed by atoms with van der Waals surface area (Å²) in [6.07, 6.45) is 0. The van der Waals surface area contributed by atoms with E-state index in [9.17, 15) is 4.79 Å². The molecule has 8 nitrogen and oxygen atoms in total. The molecule has 0 aliphatic carbocycles. The summed E-state index contributed by atoms with van der Waals surface area (Å²) in [6, 6.07) is 9.96. The third-order valence-electron chi connectivity index (χ3n) is 5.44. The van der Waals surface area contributed by atoms with Crippen LogP contribution in [0.4, 0.5) is 0 Å². The van der Waals surface area contributed by atoms with Crippen molar-refractivity contribution in [1.29, 1.82) is 0 Å². The summed E-state index contributed by atoms with van der Waals surface area (Å²) in [7, 11) is 0. The van der Waals surface area contributed by atoms with Crippen LogP contribution in [0, 0.1) is 13.8 Å². The Bertz CT molecular complexity index is 1060. The largest absolute Gasteiger partial charge is 0.379 e. The fourth-order valence-electron chi connectivity index (χ4n) is 3.70. The lowest BCUT2D eigenvalue weighted by atomic mass is 10.1. The number of aromatic nitrogens is 4. The van der Waals surface area contributed by atoms with E-state index in [0.717, 1.165) is 43.3 Å². The number of hydrogen-bond donors (Lipinski definition) is 1. The van der Waals surface area contributed by atoms with E-state index in [0.29, 0.717) is 28.8 Å². The molecule has 1 unspecified atom stereocenters. The number of morpholine rings is 1. The summed E-state index contributed by atoms with van der Waals surface area (Å²) < 4.78 is 7.16. The number of nitrogens with zero attached hydrogens (tertiary/aromatic N) is 5. The number of thioether (sulfide) groups is 1. The van der Waals surface area contributed by atoms with Gasteiger partial charge in [-0.2, -0.15) is 4.98 Å². The first-order chi connectivity index (χ1) is 15.0. The maximum atomic E-state index is 12.9. The van der Waals surface area contributed by atoms with Gasteiger partial charge >= 0.3 is 0 Å². The lowest BCUT2D eigenvalue weighted by Crippen LogP contribution is -2.47. The molecule has 1 aromatic carbocycles. The zero-order valence-electron chi connectivity index (χ0n) is 18.2. The molecule has 0 saturated carbocycles. The summed E-state index contributed by atoms with van der Waals surface area (Å²) in [5.74, 6) is 1.16. The van der Waals surface area contributed by atoms with Gasteiger partial charge in [0.05, 0.1) is 13.2 Å². The monoisotopic (exact) mass is 440 g/mol. The lowest BCUT2D eigenvalue weighted by Gasteiger charge is -2.32. The fourth-order valence-corrected chi connectivity index (χ4v) is 4.52. The van der Waals surface area contributed by atoms with Crippen molar-refractivity contribution in [3.63, 3.8) is 0 Å². The van der Waals surface area contributed by atoms with Crippen molar-refractivity contribution < 1.29 is 9.53 Å². The van der Waals surface area contributed by atoms with Gasteiger partial charge in [-0.05, 0) is 38.5 Å². The second-order valence-corrected chi connectivity index (χ2v) is 8.74. The summed E-state index contributed by atoms with van der Waals surface area (Å²) >= 11 is 1.51. The average Bonchev–Trinajstić information content (AvgIpc) is 3.20. The van der Waals surface area contributed by atoms with E-state index in [1.165, 1.54) is 11.8 Å². The second kappa shape index (κ2) is 9.76. The van der Waals surface area contributed by atoms with Crippen molar-refractivity contribution in [2.75, 3.05) is 32.8 Å². The Kier molecular flexibility index (Phi) is 6.84. The number of ether oxygens (including phenoxy) is 1. The second-order valence-electron chi connectivity index (χ2n) is 7.80. The summed E-state index contributed by atoms with van der Waals surface area (Å²) in [6.45, 7) is 10.0. The van der Waals surface area contributed by atoms with Gasteiger partial charge in [-0.1, -0.05) is 30.0 Å². The van der Waals surface area contributed by atoms with E-state index in [-0.39, 0.29) is 11.9 Å². The van der Waals surface area contributed by atoms with E-state index in [1.807, 2.05) is 44.2 Å². The van der Waals surface area contributed by atoms with Crippen LogP contribution >= 0.6 is 11.8 Å². The molecule has 1 fully saturated rings. The Morgan fingerprint density at radius 2 is 2.00 bits per heavy atom. The van der Waals surface area contributed by atoms with E-state index < -0.39 is 0 Å². The van der Waals surface area contributed by atoms with Crippen molar-refractivity contribution in [3.05, 3.63) is 52.8 Å². The third-order valence-corrected chi connectivity index (χ3v) is 6.33. The summed E-state index contributed by atoms with van der Waals surface area (Å²) in [4.78, 5) is 24.2. The van der Waals surface area contributed by atoms with Crippen molar-refractivity contribution in [2.24, 2.45) is 0 Å². The topological polar surface area (TPSA) is 84.7 Å². The highest BCUT2D eigenvalue weighted by atomic mass is 32.2. The van der Waals surface area contributed by atoms with Crippen LogP contribution in [0.5, 0.6) is 0 Å². The maximum absolute atomic E-state index is 12.9. The molecule has 1 amide bonds. The number of amides is 1. The van der Waals surface area contributed by atoms with Crippen LogP contribution in [0.3, 0.4) is 0 Å². The summed E-state index contributed by atoms with van der Waals surface area (Å²) in [5, 5.41) is 8.29. The predicted octanol–water partition coefficient (Wildman–Crippen LogP) is 2.48. The van der Waals surface area contributed by atoms with E-state index >= 15 is 0 Å². The minimum atomic E-state index is -0.0487. The van der Waals surface area contributed by atoms with Gasteiger partial charge in [-0.3, -0.25) is 9.69 Å². The molecule has 3 heterocycles. The fraction of sp³-hybridized carbons (Fsp3) is 0.455. The van der Waals surface area contributed by atoms with Crippen LogP contribution < -0.4 is 5.32 Å². The van der Waals surface area contributed by atoms with Gasteiger partial charge in [-0.25, -0.2) is 9.50 Å². The van der Waals surface area contributed by atoms with Gasteiger partial charge in [0, 0.05) is 48.4 Å². The number of rotatable bonds is 7. The smallest absolute Gasteiger partial charge is 0.253 e. The van der Waals surface area contributed by atoms with Gasteiger partial charge < -0.3 is 10.1 Å². The Hall–Kier alpha value is -2.49. The number of carbonyl (C=O) groups is 1. The molecule has 1 atom stereocenters. The van der Waals surface area contributed by atoms with Crippen molar-refractivity contribution in [2.45, 2.75) is 37.7 Å². The molecule has 31 heavy (non-hydrogen) atoms. The van der Waals surface area contributed by atoms with Gasteiger partial charge in [0.2, 0.25) is 5.16 Å². The molecular formula is C22H28N6O2S. The quantitative estimate of drug-likeness (QED) is 0.565. The van der Waals surface area contributed by atoms with Gasteiger partial charge in [0.1, 0.15) is 0 Å². The van der Waals surface area contributed by atoms with Crippen molar-refractivity contribution in [3.8, 4) is 0 Å². The standard InChI is InChI=1S/C22H28N6O2S/c1-15-12-16(2)28-21(24-15)25-22(26-28)31-14-18-6-4-5-7-19(18)20(29)23-13-17(3)27-8-10-30-11-9-27/h4-7,12,17H,8-11,13-14H2,1-3H3,(H,23,29). The predicted molar refractivity (Wildman–Crippen MR) is 120 cm³/mol. The molecule has 2 aromatic heterocycles. The molecule has 0 radical (unpaired) electrons. The lowest BCUT2D eigenvalue weighted by molar-refractivity contribution is 0.0204. The molecule has 0 bridgehead atoms. The van der Waals surface area contributed by atoms with Crippen LogP contribution in [0.25, 0.3) is 5.78 Å². The Labute approximate surface area is 186 Å². The molecule has 1 saturated heterocycles. The van der Waals surface area contributed by atoms with Gasteiger partial charge in [0.25, 0.3) is 11.7 Å². The first-order valence-electron chi connectivity index (χ1n) is 10.5. The molecular weight excluding hydrogens is 412 g/mol. The minimum absolute atomic E-state index is 0.0487. The highest BCUT2D eigenvalue weighted by Crippen LogP contribution is 2.23. The first kappa shape index (κ1) is 21.7. The molecule has 9 heteroatoms. The first-order valence-corrected chi connectivity index (χ1v) is 11.5. The number of hydrogen-bond acceptors (Lipinski definition) is 7. The van der Waals surface area contributed by atoms with Crippen LogP contribution in [0.15, 0.2) is 35.5 Å². The van der Waals surface area contributed by atoms with Gasteiger partial charge in [0.15, 0.2) is 0 Å². The Morgan fingerprint density at radius 3 is 2.81 bits per heavy atom. The van der Waals surface area contributed by atoms with E-state index in [2.05, 4.69) is 32.2 Å². The summed E-state index contributed by atoms with van der Waals surface area (Å²) in [5.41, 5.74) is 3.57. The Balaban J connectivity index is 1.40. The zero-order valence-corrected chi connectivity index (χ0v) is 19.0. The minimum Gasteiger partial charge on any atom is -0.379 e. The number of benzene rings is 1. The van der Waals surface area contributed by atoms with Crippen LogP contribution in [-0.4, -0.2) is 69.3 Å². The van der Waals surface area contributed by atoms with Crippen LogP contribution in [0.2, 0.25) is 0 Å². The molecule has 1 N–H and O–H groups in total. The third kappa shape index (κ3) is 5.23. The number of nitrogens with one attached hydrogen (secondary N) is 1. The van der Waals surface area contributed by atoms with Crippen LogP contribution in [-0.2, 0) is 10.5 Å². The SMILES string of the molecule is Cc1cc(C)n2nc(SCc3ccccc3C(=O)NCC(C)N3CCOCC3)nc2n1. The van der Waals surface area contributed by atoms with Crippen molar-refractivity contribution >= 4 is 23.4 Å². The maximum Gasteiger partial charge on any atom is 0.253 e. The van der Waals surface area contributed by atoms with Crippen molar-refractivity contribution in [1.82, 2.24) is 29.8 Å². The number of carbonyl (C=O) groups excluding carboxylic acids is 1. The molecule has 1 aliphatic heterocycles. The highest BCUT2D eigenvalue weighted by molar-refractivity contribution is 7.98. The van der Waals surface area contributed by atoms with E-state index in [4.69, 9.17) is 4.74 Å². The molecule has 0 spiro atoms. The number of fused-ring (bicyclic) bond motifs is 1. The van der Waals surface area contributed by atoms with E-state index in [1.54, 1.807) is 4.52 Å². The molecule has 3 aromatic rings. The van der Waals surface area contributed by atoms with Crippen LogP contribution in [0.1, 0.15) is 34.2 Å². The normalized spacial score (nSPS) is 15.8. The Morgan fingerprint density at radius 1 is 1.23 bits per heavy atom. The molecule has 1 aliphatic rings. The van der Waals surface area contributed by atoms with Gasteiger partial charge in [-0.15, -0.1) is 5.10 Å². The molecule has 164 valence electrons.